The summed E-state index contributed by atoms with van der Waals surface area (Å²) in [5.41, 5.74) is 0. The SMILES string of the molecule is CC(C)CC(NC(=O)CCCC(=O)O)C(=O)N(C)C. The highest BCUT2D eigenvalue weighted by molar-refractivity contribution is 5.87. The van der Waals surface area contributed by atoms with E-state index in [1.165, 1.54) is 4.90 Å². The molecule has 6 heteroatoms. The molecule has 2 N–H and O–H groups in total. The Morgan fingerprint density at radius 2 is 1.74 bits per heavy atom. The van der Waals surface area contributed by atoms with Crippen molar-refractivity contribution in [1.82, 2.24) is 10.2 Å². The summed E-state index contributed by atoms with van der Waals surface area (Å²) in [5, 5.41) is 11.2. The number of hydrogen-bond donors (Lipinski definition) is 2. The van der Waals surface area contributed by atoms with Crippen LogP contribution in [0.4, 0.5) is 0 Å². The van der Waals surface area contributed by atoms with Gasteiger partial charge >= 0.3 is 5.97 Å². The predicted octanol–water partition coefficient (Wildman–Crippen LogP) is 0.860. The van der Waals surface area contributed by atoms with E-state index >= 15 is 0 Å². The number of nitrogens with zero attached hydrogens (tertiary/aromatic N) is 1. The van der Waals surface area contributed by atoms with Gasteiger partial charge in [-0.25, -0.2) is 0 Å². The minimum atomic E-state index is -0.920. The van der Waals surface area contributed by atoms with Gasteiger partial charge in [0, 0.05) is 26.9 Å². The molecule has 0 radical (unpaired) electrons. The maximum atomic E-state index is 11.9. The Kier molecular flexibility index (Phi) is 7.79. The summed E-state index contributed by atoms with van der Waals surface area (Å²) >= 11 is 0. The summed E-state index contributed by atoms with van der Waals surface area (Å²) in [5.74, 6) is -1.05. The summed E-state index contributed by atoms with van der Waals surface area (Å²) in [6.45, 7) is 3.96. The Morgan fingerprint density at radius 3 is 2.16 bits per heavy atom. The Labute approximate surface area is 114 Å². The smallest absolute Gasteiger partial charge is 0.303 e. The number of carbonyl (C=O) groups is 3. The summed E-state index contributed by atoms with van der Waals surface area (Å²) in [6, 6.07) is -0.535. The van der Waals surface area contributed by atoms with Crippen molar-refractivity contribution < 1.29 is 19.5 Å². The van der Waals surface area contributed by atoms with E-state index in [0.29, 0.717) is 6.42 Å². The number of carboxylic acids is 1. The number of hydrogen-bond acceptors (Lipinski definition) is 3. The van der Waals surface area contributed by atoms with Crippen LogP contribution in [0.2, 0.25) is 0 Å². The summed E-state index contributed by atoms with van der Waals surface area (Å²) in [6.07, 6.45) is 0.943. The summed E-state index contributed by atoms with van der Waals surface area (Å²) in [4.78, 5) is 35.4. The summed E-state index contributed by atoms with van der Waals surface area (Å²) in [7, 11) is 3.29. The maximum absolute atomic E-state index is 11.9. The van der Waals surface area contributed by atoms with Crippen LogP contribution >= 0.6 is 0 Å². The van der Waals surface area contributed by atoms with Gasteiger partial charge in [-0.05, 0) is 18.8 Å². The van der Waals surface area contributed by atoms with Crippen molar-refractivity contribution in [3.63, 3.8) is 0 Å². The molecule has 0 bridgehead atoms. The number of carboxylic acid groups (broad SMARTS) is 1. The van der Waals surface area contributed by atoms with E-state index in [1.54, 1.807) is 14.1 Å². The Hall–Kier alpha value is -1.59. The zero-order chi connectivity index (χ0) is 15.0. The van der Waals surface area contributed by atoms with Gasteiger partial charge in [0.15, 0.2) is 0 Å². The molecule has 110 valence electrons. The lowest BCUT2D eigenvalue weighted by molar-refractivity contribution is -0.137. The van der Waals surface area contributed by atoms with Gasteiger partial charge in [0.2, 0.25) is 11.8 Å². The third-order valence-electron chi connectivity index (χ3n) is 2.58. The first-order chi connectivity index (χ1) is 8.73. The highest BCUT2D eigenvalue weighted by Gasteiger charge is 2.23. The zero-order valence-corrected chi connectivity index (χ0v) is 12.1. The van der Waals surface area contributed by atoms with Crippen LogP contribution in [0.1, 0.15) is 39.5 Å². The van der Waals surface area contributed by atoms with Crippen LogP contribution in [-0.2, 0) is 14.4 Å². The van der Waals surface area contributed by atoms with Gasteiger partial charge in [0.25, 0.3) is 0 Å². The third kappa shape index (κ3) is 8.18. The molecule has 0 spiro atoms. The second kappa shape index (κ2) is 8.50. The largest absolute Gasteiger partial charge is 0.481 e. The first-order valence-electron chi connectivity index (χ1n) is 6.46. The molecule has 0 aliphatic rings. The molecule has 0 saturated carbocycles. The lowest BCUT2D eigenvalue weighted by atomic mass is 10.0. The third-order valence-corrected chi connectivity index (χ3v) is 2.58. The molecule has 0 aromatic heterocycles. The monoisotopic (exact) mass is 272 g/mol. The van der Waals surface area contributed by atoms with E-state index in [2.05, 4.69) is 5.32 Å². The Morgan fingerprint density at radius 1 is 1.16 bits per heavy atom. The number of rotatable bonds is 8. The lowest BCUT2D eigenvalue weighted by Gasteiger charge is -2.23. The van der Waals surface area contributed by atoms with Gasteiger partial charge in [-0.15, -0.1) is 0 Å². The predicted molar refractivity (Wildman–Crippen MR) is 71.6 cm³/mol. The van der Waals surface area contributed by atoms with Crippen molar-refractivity contribution in [1.29, 1.82) is 0 Å². The highest BCUT2D eigenvalue weighted by Crippen LogP contribution is 2.07. The van der Waals surface area contributed by atoms with Crippen molar-refractivity contribution in [2.24, 2.45) is 5.92 Å². The van der Waals surface area contributed by atoms with Gasteiger partial charge in [0.05, 0.1) is 0 Å². The molecule has 0 fully saturated rings. The molecule has 0 aromatic carbocycles. The van der Waals surface area contributed by atoms with Crippen LogP contribution in [0.25, 0.3) is 0 Å². The van der Waals surface area contributed by atoms with Crippen molar-refractivity contribution in [3.05, 3.63) is 0 Å². The fourth-order valence-electron chi connectivity index (χ4n) is 1.67. The van der Waals surface area contributed by atoms with Gasteiger partial charge in [-0.2, -0.15) is 0 Å². The molecule has 0 saturated heterocycles. The van der Waals surface area contributed by atoms with Gasteiger partial charge < -0.3 is 15.3 Å². The fraction of sp³-hybridized carbons (Fsp3) is 0.769. The number of aliphatic carboxylic acids is 1. The quantitative estimate of drug-likeness (QED) is 0.686. The first-order valence-corrected chi connectivity index (χ1v) is 6.46. The van der Waals surface area contributed by atoms with Crippen LogP contribution in [-0.4, -0.2) is 47.9 Å². The average Bonchev–Trinajstić information content (AvgIpc) is 2.25. The average molecular weight is 272 g/mol. The molecular weight excluding hydrogens is 248 g/mol. The van der Waals surface area contributed by atoms with Crippen LogP contribution < -0.4 is 5.32 Å². The number of carbonyl (C=O) groups excluding carboxylic acids is 2. The molecule has 6 nitrogen and oxygen atoms in total. The molecule has 0 aliphatic heterocycles. The van der Waals surface area contributed by atoms with Gasteiger partial charge in [0.1, 0.15) is 6.04 Å². The van der Waals surface area contributed by atoms with Crippen LogP contribution in [0.5, 0.6) is 0 Å². The summed E-state index contributed by atoms with van der Waals surface area (Å²) < 4.78 is 0. The molecule has 0 aromatic rings. The van der Waals surface area contributed by atoms with Crippen LogP contribution in [0, 0.1) is 5.92 Å². The van der Waals surface area contributed by atoms with E-state index in [4.69, 9.17) is 5.11 Å². The molecule has 2 amide bonds. The van der Waals surface area contributed by atoms with Crippen molar-refractivity contribution in [2.75, 3.05) is 14.1 Å². The van der Waals surface area contributed by atoms with E-state index in [1.807, 2.05) is 13.8 Å². The topological polar surface area (TPSA) is 86.7 Å². The van der Waals surface area contributed by atoms with Crippen LogP contribution in [0.3, 0.4) is 0 Å². The van der Waals surface area contributed by atoms with E-state index in [9.17, 15) is 14.4 Å². The normalized spacial score (nSPS) is 12.1. The number of nitrogens with one attached hydrogen (secondary N) is 1. The Bertz CT molecular complexity index is 327. The lowest BCUT2D eigenvalue weighted by Crippen LogP contribution is -2.46. The standard InChI is InChI=1S/C13H24N2O4/c1-9(2)8-10(13(19)15(3)4)14-11(16)6-5-7-12(17)18/h9-10H,5-8H2,1-4H3,(H,14,16)(H,17,18). The van der Waals surface area contributed by atoms with Gasteiger partial charge in [-0.3, -0.25) is 14.4 Å². The fourth-order valence-corrected chi connectivity index (χ4v) is 1.67. The Balaban J connectivity index is 4.34. The van der Waals surface area contributed by atoms with Crippen molar-refractivity contribution in [3.8, 4) is 0 Å². The molecule has 0 heterocycles. The number of likely N-dealkylation sites (N-methyl/N-ethyl adjacent to an activating group) is 1. The van der Waals surface area contributed by atoms with Crippen LogP contribution in [0.15, 0.2) is 0 Å². The van der Waals surface area contributed by atoms with Crippen molar-refractivity contribution >= 4 is 17.8 Å². The second-order valence-corrected chi connectivity index (χ2v) is 5.23. The maximum Gasteiger partial charge on any atom is 0.303 e. The molecular formula is C13H24N2O4. The minimum Gasteiger partial charge on any atom is -0.481 e. The van der Waals surface area contributed by atoms with Gasteiger partial charge in [-0.1, -0.05) is 13.8 Å². The van der Waals surface area contributed by atoms with E-state index < -0.39 is 12.0 Å². The molecule has 0 aliphatic carbocycles. The zero-order valence-electron chi connectivity index (χ0n) is 12.1. The molecule has 0 rings (SSSR count). The minimum absolute atomic E-state index is 0.0378. The van der Waals surface area contributed by atoms with E-state index in [-0.39, 0.29) is 37.0 Å². The molecule has 1 unspecified atom stereocenters. The highest BCUT2D eigenvalue weighted by atomic mass is 16.4. The van der Waals surface area contributed by atoms with Crippen molar-refractivity contribution in [2.45, 2.75) is 45.6 Å². The number of amides is 2. The van der Waals surface area contributed by atoms with E-state index in [0.717, 1.165) is 0 Å². The second-order valence-electron chi connectivity index (χ2n) is 5.23. The molecule has 19 heavy (non-hydrogen) atoms. The first kappa shape index (κ1) is 17.4. The molecule has 1 atom stereocenters.